The molecule has 3 rings (SSSR count). The van der Waals surface area contributed by atoms with Gasteiger partial charge in [-0.05, 0) is 62.5 Å². The largest absolute Gasteiger partial charge is 0.490 e. The highest BCUT2D eigenvalue weighted by molar-refractivity contribution is 6.31. The quantitative estimate of drug-likeness (QED) is 0.0579. The van der Waals surface area contributed by atoms with Crippen LogP contribution in [0.1, 0.15) is 203 Å². The standard InChI is InChI=1S/C48H76O8/c1-9-13-17-21-27-51-39-33-37-41(47(55-31-25-35(5)6)45(39)53-29-23-19-15-11-3)44(50)38-34-40(52-28-22-18-14-10-2)46(54-30-24-20-16-12-4)48(42(38)43(37)49)56-32-26-36(7)8/h33-36H,9-32H2,1-8H3. The summed E-state index contributed by atoms with van der Waals surface area (Å²) in [5.41, 5.74) is 0.895. The van der Waals surface area contributed by atoms with E-state index in [1.807, 2.05) is 0 Å². The second kappa shape index (κ2) is 26.5. The molecular formula is C48H76O8. The van der Waals surface area contributed by atoms with Gasteiger partial charge >= 0.3 is 0 Å². The second-order valence-electron chi connectivity index (χ2n) is 16.3. The van der Waals surface area contributed by atoms with E-state index in [4.69, 9.17) is 28.4 Å². The van der Waals surface area contributed by atoms with Gasteiger partial charge in [0.1, 0.15) is 0 Å². The van der Waals surface area contributed by atoms with Crippen LogP contribution in [-0.4, -0.2) is 51.2 Å². The number of hydrogen-bond acceptors (Lipinski definition) is 8. The Morgan fingerprint density at radius 3 is 1.00 bits per heavy atom. The molecule has 0 saturated carbocycles. The zero-order chi connectivity index (χ0) is 40.7. The molecular weight excluding hydrogens is 705 g/mol. The molecule has 0 heterocycles. The number of rotatable bonds is 32. The van der Waals surface area contributed by atoms with Crippen molar-refractivity contribution < 1.29 is 38.0 Å². The molecule has 56 heavy (non-hydrogen) atoms. The minimum atomic E-state index is -0.321. The molecule has 0 fully saturated rings. The fourth-order valence-electron chi connectivity index (χ4n) is 6.70. The number of benzene rings is 2. The van der Waals surface area contributed by atoms with Crippen molar-refractivity contribution in [3.63, 3.8) is 0 Å². The first kappa shape index (κ1) is 47.0. The summed E-state index contributed by atoms with van der Waals surface area (Å²) >= 11 is 0. The van der Waals surface area contributed by atoms with Gasteiger partial charge in [0.25, 0.3) is 0 Å². The summed E-state index contributed by atoms with van der Waals surface area (Å²) in [7, 11) is 0. The zero-order valence-electron chi connectivity index (χ0n) is 36.5. The van der Waals surface area contributed by atoms with Gasteiger partial charge in [0.15, 0.2) is 34.6 Å². The van der Waals surface area contributed by atoms with E-state index < -0.39 is 0 Å². The number of fused-ring (bicyclic) bond motifs is 2. The molecule has 0 spiro atoms. The molecule has 0 atom stereocenters. The molecule has 0 N–H and O–H groups in total. The lowest BCUT2D eigenvalue weighted by atomic mass is 9.82. The van der Waals surface area contributed by atoms with Gasteiger partial charge in [0, 0.05) is 11.1 Å². The van der Waals surface area contributed by atoms with E-state index in [-0.39, 0.29) is 45.3 Å². The van der Waals surface area contributed by atoms with Crippen molar-refractivity contribution in [2.45, 2.75) is 171 Å². The summed E-state index contributed by atoms with van der Waals surface area (Å²) in [6.07, 6.45) is 18.1. The Bertz CT molecular complexity index is 1350. The van der Waals surface area contributed by atoms with E-state index >= 15 is 9.59 Å². The third kappa shape index (κ3) is 14.5. The van der Waals surface area contributed by atoms with E-state index in [1.54, 1.807) is 12.1 Å². The molecule has 2 aromatic rings. The summed E-state index contributed by atoms with van der Waals surface area (Å²) in [5, 5.41) is 0. The third-order valence-corrected chi connectivity index (χ3v) is 10.2. The summed E-state index contributed by atoms with van der Waals surface area (Å²) in [6, 6.07) is 3.41. The lowest BCUT2D eigenvalue weighted by Crippen LogP contribution is -2.25. The average Bonchev–Trinajstić information content (AvgIpc) is 3.17. The Kier molecular flexibility index (Phi) is 22.2. The second-order valence-corrected chi connectivity index (χ2v) is 16.3. The van der Waals surface area contributed by atoms with Crippen LogP contribution in [0.15, 0.2) is 12.1 Å². The zero-order valence-corrected chi connectivity index (χ0v) is 36.5. The molecule has 0 radical (unpaired) electrons. The van der Waals surface area contributed by atoms with Crippen LogP contribution in [0.4, 0.5) is 0 Å². The molecule has 0 bridgehead atoms. The van der Waals surface area contributed by atoms with Crippen molar-refractivity contribution in [2.24, 2.45) is 11.8 Å². The van der Waals surface area contributed by atoms with E-state index in [0.717, 1.165) is 116 Å². The Balaban J connectivity index is 2.25. The van der Waals surface area contributed by atoms with Gasteiger partial charge < -0.3 is 28.4 Å². The maximum atomic E-state index is 15.0. The van der Waals surface area contributed by atoms with Crippen molar-refractivity contribution in [1.29, 1.82) is 0 Å². The SMILES string of the molecule is CCCCCCOc1cc2c(c(OCCC(C)C)c1OCCCCCC)C(=O)c1cc(OCCCCCC)c(OCCCCCC)c(OCCC(C)C)c1C2=O. The first-order valence-electron chi connectivity index (χ1n) is 22.5. The van der Waals surface area contributed by atoms with Crippen LogP contribution in [0.5, 0.6) is 34.5 Å². The smallest absolute Gasteiger partial charge is 0.204 e. The molecule has 1 aliphatic carbocycles. The number of hydrogen-bond donors (Lipinski definition) is 0. The summed E-state index contributed by atoms with van der Waals surface area (Å²) in [6.45, 7) is 19.8. The van der Waals surface area contributed by atoms with Crippen molar-refractivity contribution in [3.05, 3.63) is 34.4 Å². The number of unbranched alkanes of at least 4 members (excludes halogenated alkanes) is 12. The first-order chi connectivity index (χ1) is 27.2. The summed E-state index contributed by atoms with van der Waals surface area (Å²) < 4.78 is 39.0. The molecule has 8 heteroatoms. The number of ether oxygens (including phenoxy) is 6. The number of carbonyl (C=O) groups is 2. The summed E-state index contributed by atoms with van der Waals surface area (Å²) in [4.78, 5) is 30.1. The Morgan fingerprint density at radius 1 is 0.393 bits per heavy atom. The van der Waals surface area contributed by atoms with Gasteiger partial charge in [-0.3, -0.25) is 9.59 Å². The first-order valence-corrected chi connectivity index (χ1v) is 22.5. The van der Waals surface area contributed by atoms with Crippen molar-refractivity contribution >= 4 is 11.6 Å². The molecule has 8 nitrogen and oxygen atoms in total. The van der Waals surface area contributed by atoms with Crippen LogP contribution in [0.2, 0.25) is 0 Å². The number of carbonyl (C=O) groups excluding carboxylic acids is 2. The molecule has 0 aromatic heterocycles. The van der Waals surface area contributed by atoms with E-state index in [0.29, 0.717) is 74.5 Å². The van der Waals surface area contributed by atoms with E-state index in [9.17, 15) is 0 Å². The monoisotopic (exact) mass is 781 g/mol. The van der Waals surface area contributed by atoms with E-state index in [2.05, 4.69) is 55.4 Å². The molecule has 2 aromatic carbocycles. The van der Waals surface area contributed by atoms with Crippen LogP contribution >= 0.6 is 0 Å². The maximum absolute atomic E-state index is 15.0. The normalized spacial score (nSPS) is 12.2. The molecule has 0 amide bonds. The fraction of sp³-hybridized carbons (Fsp3) is 0.708. The Morgan fingerprint density at radius 2 is 0.696 bits per heavy atom. The van der Waals surface area contributed by atoms with Gasteiger partial charge in [-0.1, -0.05) is 132 Å². The van der Waals surface area contributed by atoms with Crippen LogP contribution in [-0.2, 0) is 0 Å². The predicted octanol–water partition coefficient (Wildman–Crippen LogP) is 13.1. The van der Waals surface area contributed by atoms with Crippen molar-refractivity contribution in [1.82, 2.24) is 0 Å². The van der Waals surface area contributed by atoms with Crippen LogP contribution in [0, 0.1) is 11.8 Å². The van der Waals surface area contributed by atoms with Gasteiger partial charge in [0.05, 0.1) is 50.8 Å². The lowest BCUT2D eigenvalue weighted by Gasteiger charge is -2.28. The number of ketones is 2. The topological polar surface area (TPSA) is 89.5 Å². The van der Waals surface area contributed by atoms with Crippen molar-refractivity contribution in [3.8, 4) is 34.5 Å². The maximum Gasteiger partial charge on any atom is 0.204 e. The van der Waals surface area contributed by atoms with Crippen LogP contribution < -0.4 is 28.4 Å². The van der Waals surface area contributed by atoms with Gasteiger partial charge in [-0.2, -0.15) is 0 Å². The molecule has 316 valence electrons. The molecule has 0 aliphatic heterocycles. The Labute approximate surface area is 340 Å². The molecule has 0 saturated heterocycles. The van der Waals surface area contributed by atoms with Gasteiger partial charge in [-0.15, -0.1) is 0 Å². The minimum absolute atomic E-state index is 0.211. The minimum Gasteiger partial charge on any atom is -0.490 e. The highest BCUT2D eigenvalue weighted by atomic mass is 16.5. The average molecular weight is 781 g/mol. The van der Waals surface area contributed by atoms with Gasteiger partial charge in [0.2, 0.25) is 11.5 Å². The van der Waals surface area contributed by atoms with Crippen molar-refractivity contribution in [2.75, 3.05) is 39.6 Å². The van der Waals surface area contributed by atoms with Crippen LogP contribution in [0.3, 0.4) is 0 Å². The summed E-state index contributed by atoms with van der Waals surface area (Å²) in [5.74, 6) is 2.35. The van der Waals surface area contributed by atoms with E-state index in [1.165, 1.54) is 0 Å². The lowest BCUT2D eigenvalue weighted by molar-refractivity contribution is 0.0968. The highest BCUT2D eigenvalue weighted by Crippen LogP contribution is 2.51. The Hall–Kier alpha value is -3.42. The fourth-order valence-corrected chi connectivity index (χ4v) is 6.70. The predicted molar refractivity (Wildman–Crippen MR) is 228 cm³/mol. The molecule has 0 unspecified atom stereocenters. The van der Waals surface area contributed by atoms with Crippen LogP contribution in [0.25, 0.3) is 0 Å². The molecule has 1 aliphatic rings. The highest BCUT2D eigenvalue weighted by Gasteiger charge is 2.40. The third-order valence-electron chi connectivity index (χ3n) is 10.2. The van der Waals surface area contributed by atoms with Gasteiger partial charge in [-0.25, -0.2) is 0 Å².